The van der Waals surface area contributed by atoms with Gasteiger partial charge in [0.1, 0.15) is 18.1 Å². The third kappa shape index (κ3) is 7.55. The second-order valence-corrected chi connectivity index (χ2v) is 8.36. The molecule has 0 spiro atoms. The minimum Gasteiger partial charge on any atom is -0.508 e. The van der Waals surface area contributed by atoms with Gasteiger partial charge < -0.3 is 35.0 Å². The first-order valence-electron chi connectivity index (χ1n) is 11.3. The highest BCUT2D eigenvalue weighted by molar-refractivity contribution is 5.79. The Kier molecular flexibility index (Phi) is 8.80. The zero-order chi connectivity index (χ0) is 25.4. The van der Waals surface area contributed by atoms with E-state index in [0.717, 1.165) is 5.56 Å². The number of methoxy groups -OCH3 is 1. The first-order valence-corrected chi connectivity index (χ1v) is 11.3. The number of aryl methyl sites for hydroxylation is 2. The SMILES string of the molecule is COc1cc(CCC(=O)C[C@H](O)CCc2cc(O)c(O)c(OCc3cccc(O)c3)c2)ccc1O. The number of carbonyl (C=O) groups is 1. The van der Waals surface area contributed by atoms with E-state index in [0.29, 0.717) is 29.7 Å². The number of Topliss-reactive ketones (excluding diaryl/α,β-unsaturated/α-hetero) is 1. The summed E-state index contributed by atoms with van der Waals surface area (Å²) in [4.78, 5) is 12.3. The fraction of sp³-hybridized carbons (Fsp3) is 0.296. The van der Waals surface area contributed by atoms with E-state index in [2.05, 4.69) is 0 Å². The molecule has 0 fully saturated rings. The van der Waals surface area contributed by atoms with E-state index < -0.39 is 11.9 Å². The van der Waals surface area contributed by atoms with Crippen LogP contribution in [0.5, 0.6) is 34.5 Å². The molecule has 0 unspecified atom stereocenters. The minimum absolute atomic E-state index is 0.000140. The van der Waals surface area contributed by atoms with Gasteiger partial charge in [0.2, 0.25) is 5.75 Å². The summed E-state index contributed by atoms with van der Waals surface area (Å²) >= 11 is 0. The molecule has 0 saturated carbocycles. The van der Waals surface area contributed by atoms with Crippen molar-refractivity contribution in [2.75, 3.05) is 7.11 Å². The van der Waals surface area contributed by atoms with Gasteiger partial charge in [0.25, 0.3) is 0 Å². The number of aromatic hydroxyl groups is 4. The van der Waals surface area contributed by atoms with Crippen molar-refractivity contribution in [1.29, 1.82) is 0 Å². The zero-order valence-electron chi connectivity index (χ0n) is 19.5. The molecule has 0 aliphatic heterocycles. The van der Waals surface area contributed by atoms with Gasteiger partial charge in [-0.2, -0.15) is 0 Å². The van der Waals surface area contributed by atoms with Crippen LogP contribution in [0, 0.1) is 0 Å². The van der Waals surface area contributed by atoms with Crippen LogP contribution in [-0.2, 0) is 24.2 Å². The number of phenolic OH excluding ortho intramolecular Hbond substituents is 4. The highest BCUT2D eigenvalue weighted by Gasteiger charge is 2.15. The first-order chi connectivity index (χ1) is 16.7. The van der Waals surface area contributed by atoms with E-state index in [4.69, 9.17) is 9.47 Å². The van der Waals surface area contributed by atoms with Crippen molar-refractivity contribution in [2.45, 2.75) is 44.8 Å². The summed E-state index contributed by atoms with van der Waals surface area (Å²) < 4.78 is 10.7. The Balaban J connectivity index is 1.50. The number of rotatable bonds is 12. The van der Waals surface area contributed by atoms with Crippen LogP contribution in [0.4, 0.5) is 0 Å². The Morgan fingerprint density at radius 2 is 1.63 bits per heavy atom. The minimum atomic E-state index is -0.857. The third-order valence-electron chi connectivity index (χ3n) is 5.59. The van der Waals surface area contributed by atoms with E-state index in [1.165, 1.54) is 31.4 Å². The number of aliphatic hydroxyl groups excluding tert-OH is 1. The highest BCUT2D eigenvalue weighted by Crippen LogP contribution is 2.37. The molecule has 5 N–H and O–H groups in total. The molecule has 3 aromatic rings. The number of phenols is 4. The molecule has 0 aromatic heterocycles. The normalized spacial score (nSPS) is 11.7. The number of carbonyl (C=O) groups excluding carboxylic acids is 1. The molecule has 8 nitrogen and oxygen atoms in total. The zero-order valence-corrected chi connectivity index (χ0v) is 19.5. The summed E-state index contributed by atoms with van der Waals surface area (Å²) in [7, 11) is 1.46. The molecule has 0 amide bonds. The predicted molar refractivity (Wildman–Crippen MR) is 129 cm³/mol. The second-order valence-electron chi connectivity index (χ2n) is 8.36. The van der Waals surface area contributed by atoms with Gasteiger partial charge in [-0.25, -0.2) is 0 Å². The third-order valence-corrected chi connectivity index (χ3v) is 5.59. The lowest BCUT2D eigenvalue weighted by Gasteiger charge is -2.13. The molecule has 3 aromatic carbocycles. The van der Waals surface area contributed by atoms with Gasteiger partial charge in [0, 0.05) is 12.8 Å². The summed E-state index contributed by atoms with van der Waals surface area (Å²) in [6, 6.07) is 14.4. The first kappa shape index (κ1) is 25.7. The lowest BCUT2D eigenvalue weighted by atomic mass is 9.99. The maximum absolute atomic E-state index is 12.3. The Labute approximate surface area is 203 Å². The lowest BCUT2D eigenvalue weighted by molar-refractivity contribution is -0.121. The van der Waals surface area contributed by atoms with Crippen LogP contribution in [0.3, 0.4) is 0 Å². The second kappa shape index (κ2) is 12.0. The quantitative estimate of drug-likeness (QED) is 0.245. The van der Waals surface area contributed by atoms with Crippen LogP contribution in [0.1, 0.15) is 36.0 Å². The summed E-state index contributed by atoms with van der Waals surface area (Å²) in [5.41, 5.74) is 2.17. The molecule has 3 rings (SSSR count). The Morgan fingerprint density at radius 3 is 2.37 bits per heavy atom. The van der Waals surface area contributed by atoms with Crippen molar-refractivity contribution in [3.8, 4) is 34.5 Å². The molecular weight excluding hydrogens is 452 g/mol. The molecule has 35 heavy (non-hydrogen) atoms. The molecule has 0 aliphatic rings. The maximum atomic E-state index is 12.3. The number of ether oxygens (including phenoxy) is 2. The topological polar surface area (TPSA) is 137 Å². The fourth-order valence-electron chi connectivity index (χ4n) is 3.67. The van der Waals surface area contributed by atoms with E-state index in [1.54, 1.807) is 30.3 Å². The summed E-state index contributed by atoms with van der Waals surface area (Å²) in [5.74, 6) is -0.271. The van der Waals surface area contributed by atoms with Crippen molar-refractivity contribution >= 4 is 5.78 Å². The maximum Gasteiger partial charge on any atom is 0.200 e. The van der Waals surface area contributed by atoms with Gasteiger partial charge in [0.05, 0.1) is 13.2 Å². The van der Waals surface area contributed by atoms with Crippen LogP contribution in [0.2, 0.25) is 0 Å². The van der Waals surface area contributed by atoms with Gasteiger partial charge in [-0.15, -0.1) is 0 Å². The van der Waals surface area contributed by atoms with E-state index in [-0.39, 0.29) is 54.7 Å². The van der Waals surface area contributed by atoms with Crippen LogP contribution < -0.4 is 9.47 Å². The molecule has 1 atom stereocenters. The van der Waals surface area contributed by atoms with Gasteiger partial charge in [0.15, 0.2) is 23.0 Å². The molecule has 8 heteroatoms. The number of hydrogen-bond donors (Lipinski definition) is 5. The van der Waals surface area contributed by atoms with Gasteiger partial charge in [-0.3, -0.25) is 4.79 Å². The predicted octanol–water partition coefficient (Wildman–Crippen LogP) is 3.98. The summed E-state index contributed by atoms with van der Waals surface area (Å²) in [6.07, 6.45) is 0.505. The molecular formula is C27H30O8. The molecule has 0 bridgehead atoms. The van der Waals surface area contributed by atoms with E-state index >= 15 is 0 Å². The number of aliphatic hydroxyl groups is 1. The number of benzene rings is 3. The Bertz CT molecular complexity index is 1160. The smallest absolute Gasteiger partial charge is 0.200 e. The van der Waals surface area contributed by atoms with Crippen LogP contribution in [-0.4, -0.2) is 44.5 Å². The monoisotopic (exact) mass is 482 g/mol. The van der Waals surface area contributed by atoms with E-state index in [1.807, 2.05) is 0 Å². The average molecular weight is 483 g/mol. The fourth-order valence-corrected chi connectivity index (χ4v) is 3.67. The van der Waals surface area contributed by atoms with Crippen molar-refractivity contribution < 1.29 is 39.8 Å². The molecule has 0 heterocycles. The van der Waals surface area contributed by atoms with Crippen molar-refractivity contribution in [3.63, 3.8) is 0 Å². The average Bonchev–Trinajstić information content (AvgIpc) is 2.83. The Morgan fingerprint density at radius 1 is 0.857 bits per heavy atom. The highest BCUT2D eigenvalue weighted by atomic mass is 16.5. The van der Waals surface area contributed by atoms with Crippen LogP contribution >= 0.6 is 0 Å². The number of ketones is 1. The standard InChI is InChI=1S/C27H30O8/c1-34-25-13-17(7-10-23(25)31)5-8-21(29)15-22(30)9-6-18-12-24(32)27(33)26(14-18)35-16-19-3-2-4-20(28)11-19/h2-4,7,10-14,22,28,30-33H,5-6,8-9,15-16H2,1H3/t22-/m1/s1. The summed E-state index contributed by atoms with van der Waals surface area (Å²) in [5, 5.41) is 49.7. The molecule has 0 radical (unpaired) electrons. The summed E-state index contributed by atoms with van der Waals surface area (Å²) in [6.45, 7) is 0.0783. The molecule has 0 saturated heterocycles. The largest absolute Gasteiger partial charge is 0.508 e. The molecule has 186 valence electrons. The van der Waals surface area contributed by atoms with Crippen molar-refractivity contribution in [2.24, 2.45) is 0 Å². The Hall–Kier alpha value is -3.91. The lowest BCUT2D eigenvalue weighted by Crippen LogP contribution is -2.15. The van der Waals surface area contributed by atoms with Crippen LogP contribution in [0.25, 0.3) is 0 Å². The van der Waals surface area contributed by atoms with Crippen molar-refractivity contribution in [3.05, 3.63) is 71.3 Å². The van der Waals surface area contributed by atoms with Gasteiger partial charge >= 0.3 is 0 Å². The van der Waals surface area contributed by atoms with E-state index in [9.17, 15) is 30.3 Å². The van der Waals surface area contributed by atoms with Gasteiger partial charge in [-0.05, 0) is 72.4 Å². The van der Waals surface area contributed by atoms with Gasteiger partial charge in [-0.1, -0.05) is 18.2 Å². The van der Waals surface area contributed by atoms with Crippen LogP contribution in [0.15, 0.2) is 54.6 Å². The van der Waals surface area contributed by atoms with Crippen molar-refractivity contribution in [1.82, 2.24) is 0 Å². The number of hydrogen-bond acceptors (Lipinski definition) is 8. The molecule has 0 aliphatic carbocycles.